The summed E-state index contributed by atoms with van der Waals surface area (Å²) in [5, 5.41) is 21.4. The third kappa shape index (κ3) is 1.22. The molecule has 0 N–H and O–H groups in total. The van der Waals surface area contributed by atoms with Gasteiger partial charge in [-0.3, -0.25) is 0 Å². The number of hydrogen-bond donors (Lipinski definition) is 0. The average molecular weight is 194 g/mol. The summed E-state index contributed by atoms with van der Waals surface area (Å²) in [7, 11) is 0. The molecule has 0 amide bonds. The van der Waals surface area contributed by atoms with E-state index >= 15 is 0 Å². The third-order valence-corrected chi connectivity index (χ3v) is 3.33. The molecule has 0 saturated heterocycles. The van der Waals surface area contributed by atoms with Crippen molar-refractivity contribution in [3.8, 4) is 0 Å². The fourth-order valence-corrected chi connectivity index (χ4v) is 2.76. The summed E-state index contributed by atoms with van der Waals surface area (Å²) in [5.74, 6) is -2.78. The van der Waals surface area contributed by atoms with Crippen LogP contribution in [0.4, 0.5) is 0 Å². The van der Waals surface area contributed by atoms with Gasteiger partial charge in [0.05, 0.1) is 0 Å². The second kappa shape index (κ2) is 2.83. The molecule has 2 aliphatic carbocycles. The molecule has 4 nitrogen and oxygen atoms in total. The highest BCUT2D eigenvalue weighted by atomic mass is 16.4. The topological polar surface area (TPSA) is 80.3 Å². The normalized spacial score (nSPS) is 38.9. The van der Waals surface area contributed by atoms with Crippen LogP contribution in [0.3, 0.4) is 0 Å². The summed E-state index contributed by atoms with van der Waals surface area (Å²) in [4.78, 5) is 21.4. The molecule has 0 aliphatic heterocycles. The van der Waals surface area contributed by atoms with Crippen molar-refractivity contribution in [3.05, 3.63) is 12.2 Å². The van der Waals surface area contributed by atoms with Crippen molar-refractivity contribution in [1.29, 1.82) is 0 Å². The molecule has 0 aromatic heterocycles. The Hall–Kier alpha value is -1.32. The van der Waals surface area contributed by atoms with Crippen LogP contribution in [0.1, 0.15) is 19.3 Å². The number of aliphatic carboxylic acids is 2. The van der Waals surface area contributed by atoms with Gasteiger partial charge in [0, 0.05) is 23.3 Å². The molecule has 2 rings (SSSR count). The molecule has 2 bridgehead atoms. The van der Waals surface area contributed by atoms with Crippen molar-refractivity contribution < 1.29 is 19.8 Å². The van der Waals surface area contributed by atoms with Crippen molar-refractivity contribution >= 4 is 11.9 Å². The molecule has 1 fully saturated rings. The molecule has 0 heterocycles. The quantitative estimate of drug-likeness (QED) is 0.510. The lowest BCUT2D eigenvalue weighted by Crippen LogP contribution is -2.42. The maximum atomic E-state index is 10.8. The smallest absolute Gasteiger partial charge is 0.0454 e. The van der Waals surface area contributed by atoms with Gasteiger partial charge in [0.25, 0.3) is 0 Å². The van der Waals surface area contributed by atoms with Crippen LogP contribution >= 0.6 is 0 Å². The van der Waals surface area contributed by atoms with E-state index in [2.05, 4.69) is 0 Å². The molecule has 0 unspecified atom stereocenters. The molecule has 2 aliphatic rings. The zero-order chi connectivity index (χ0) is 10.3. The number of carbonyl (C=O) groups excluding carboxylic acids is 2. The van der Waals surface area contributed by atoms with Gasteiger partial charge in [-0.2, -0.15) is 0 Å². The fourth-order valence-electron chi connectivity index (χ4n) is 2.76. The van der Waals surface area contributed by atoms with Crippen LogP contribution in [-0.2, 0) is 9.59 Å². The molecule has 3 atom stereocenters. The molecule has 0 aromatic carbocycles. The van der Waals surface area contributed by atoms with Gasteiger partial charge in [0.2, 0.25) is 0 Å². The van der Waals surface area contributed by atoms with E-state index in [4.69, 9.17) is 0 Å². The maximum absolute atomic E-state index is 10.8. The number of rotatable bonds is 3. The number of carboxylic acid groups (broad SMARTS) is 2. The summed E-state index contributed by atoms with van der Waals surface area (Å²) >= 11 is 0. The van der Waals surface area contributed by atoms with Gasteiger partial charge >= 0.3 is 0 Å². The van der Waals surface area contributed by atoms with Crippen LogP contribution in [0.5, 0.6) is 0 Å². The molecule has 1 saturated carbocycles. The summed E-state index contributed by atoms with van der Waals surface area (Å²) in [6, 6.07) is 0. The fraction of sp³-hybridized carbons (Fsp3) is 0.600. The second-order valence-corrected chi connectivity index (χ2v) is 4.21. The Kier molecular flexibility index (Phi) is 1.87. The molecule has 76 valence electrons. The van der Waals surface area contributed by atoms with E-state index < -0.39 is 23.3 Å². The summed E-state index contributed by atoms with van der Waals surface area (Å²) in [5.41, 5.74) is -0.734. The highest BCUT2D eigenvalue weighted by Crippen LogP contribution is 2.54. The first-order valence-electron chi connectivity index (χ1n) is 4.63. The lowest BCUT2D eigenvalue weighted by Gasteiger charge is -2.33. The Morgan fingerprint density at radius 3 is 2.64 bits per heavy atom. The molecule has 14 heavy (non-hydrogen) atoms. The Bertz CT molecular complexity index is 320. The van der Waals surface area contributed by atoms with Gasteiger partial charge in [0.15, 0.2) is 0 Å². The SMILES string of the molecule is O=C([O-])C[C@]12C=C[C@H](C[C@H]1C(=O)[O-])C2. The molecular weight excluding hydrogens is 184 g/mol. The van der Waals surface area contributed by atoms with Gasteiger partial charge < -0.3 is 19.8 Å². The van der Waals surface area contributed by atoms with E-state index in [1.165, 1.54) is 0 Å². The predicted molar refractivity (Wildman–Crippen MR) is 42.4 cm³/mol. The molecule has 4 heteroatoms. The first kappa shape index (κ1) is 9.24. The van der Waals surface area contributed by atoms with Crippen LogP contribution < -0.4 is 10.2 Å². The first-order valence-corrected chi connectivity index (χ1v) is 4.63. The average Bonchev–Trinajstić information content (AvgIpc) is 2.58. The monoisotopic (exact) mass is 194 g/mol. The highest BCUT2D eigenvalue weighted by Gasteiger charge is 2.48. The second-order valence-electron chi connectivity index (χ2n) is 4.21. The van der Waals surface area contributed by atoms with Crippen molar-refractivity contribution in [2.45, 2.75) is 19.3 Å². The molecule has 0 radical (unpaired) electrons. The van der Waals surface area contributed by atoms with Gasteiger partial charge in [-0.15, -0.1) is 0 Å². The summed E-state index contributed by atoms with van der Waals surface area (Å²) in [6.45, 7) is 0. The Morgan fingerprint density at radius 1 is 1.43 bits per heavy atom. The number of allylic oxidation sites excluding steroid dienone is 2. The van der Waals surface area contributed by atoms with E-state index in [0.717, 1.165) is 0 Å². The van der Waals surface area contributed by atoms with E-state index in [1.54, 1.807) is 6.08 Å². The zero-order valence-electron chi connectivity index (χ0n) is 7.56. The lowest BCUT2D eigenvalue weighted by molar-refractivity contribution is -0.316. The highest BCUT2D eigenvalue weighted by molar-refractivity contribution is 5.74. The van der Waals surface area contributed by atoms with Crippen molar-refractivity contribution in [2.75, 3.05) is 0 Å². The Balaban J connectivity index is 2.26. The third-order valence-electron chi connectivity index (χ3n) is 3.33. The van der Waals surface area contributed by atoms with Crippen molar-refractivity contribution in [3.63, 3.8) is 0 Å². The standard InChI is InChI=1S/C10H12O4/c11-8(12)5-10-2-1-6(4-10)3-7(10)9(13)14/h1-2,6-7H,3-5H2,(H,11,12)(H,13,14)/p-2/t6-,7+,10-/m1/s1. The number of carbonyl (C=O) groups is 2. The van der Waals surface area contributed by atoms with E-state index in [0.29, 0.717) is 12.8 Å². The number of hydrogen-bond acceptors (Lipinski definition) is 4. The van der Waals surface area contributed by atoms with Gasteiger partial charge in [-0.25, -0.2) is 0 Å². The van der Waals surface area contributed by atoms with Gasteiger partial charge in [-0.1, -0.05) is 12.2 Å². The number of fused-ring (bicyclic) bond motifs is 2. The van der Waals surface area contributed by atoms with Crippen LogP contribution in [0.2, 0.25) is 0 Å². The largest absolute Gasteiger partial charge is 0.550 e. The maximum Gasteiger partial charge on any atom is 0.0454 e. The van der Waals surface area contributed by atoms with Crippen LogP contribution in [0.15, 0.2) is 12.2 Å². The zero-order valence-corrected chi connectivity index (χ0v) is 7.56. The van der Waals surface area contributed by atoms with E-state index in [1.807, 2.05) is 6.08 Å². The van der Waals surface area contributed by atoms with Gasteiger partial charge in [-0.05, 0) is 25.2 Å². The summed E-state index contributed by atoms with van der Waals surface area (Å²) in [6.07, 6.45) is 4.53. The Morgan fingerprint density at radius 2 is 2.14 bits per heavy atom. The Labute approximate surface area is 81.2 Å². The lowest BCUT2D eigenvalue weighted by atomic mass is 9.75. The first-order chi connectivity index (χ1) is 6.53. The van der Waals surface area contributed by atoms with Crippen LogP contribution in [0.25, 0.3) is 0 Å². The minimum atomic E-state index is -1.19. The van der Waals surface area contributed by atoms with E-state index in [9.17, 15) is 19.8 Å². The molecule has 0 aromatic rings. The summed E-state index contributed by atoms with van der Waals surface area (Å²) < 4.78 is 0. The van der Waals surface area contributed by atoms with E-state index in [-0.39, 0.29) is 12.3 Å². The molecular formula is C10H10O4-2. The van der Waals surface area contributed by atoms with Crippen molar-refractivity contribution in [1.82, 2.24) is 0 Å². The van der Waals surface area contributed by atoms with Crippen LogP contribution in [-0.4, -0.2) is 11.9 Å². The van der Waals surface area contributed by atoms with Crippen molar-refractivity contribution in [2.24, 2.45) is 17.3 Å². The minimum Gasteiger partial charge on any atom is -0.550 e. The van der Waals surface area contributed by atoms with Gasteiger partial charge in [0.1, 0.15) is 0 Å². The predicted octanol–water partition coefficient (Wildman–Crippen LogP) is -1.54. The number of carboxylic acids is 2. The minimum absolute atomic E-state index is 0.206. The van der Waals surface area contributed by atoms with Crippen LogP contribution in [0, 0.1) is 17.3 Å². The molecule has 0 spiro atoms.